The molecule has 0 aliphatic rings. The number of esters is 1. The van der Waals surface area contributed by atoms with E-state index in [0.29, 0.717) is 17.1 Å². The summed E-state index contributed by atoms with van der Waals surface area (Å²) < 4.78 is 8.42. The van der Waals surface area contributed by atoms with Crippen molar-refractivity contribution in [1.82, 2.24) is 19.3 Å². The smallest absolute Gasteiger partial charge is 0.338 e. The van der Waals surface area contributed by atoms with Gasteiger partial charge < -0.3 is 15.0 Å². The molecule has 0 spiro atoms. The van der Waals surface area contributed by atoms with Gasteiger partial charge in [0, 0.05) is 11.9 Å². The molecule has 2 aromatic heterocycles. The van der Waals surface area contributed by atoms with Crippen LogP contribution >= 0.6 is 0 Å². The molecule has 0 aliphatic carbocycles. The summed E-state index contributed by atoms with van der Waals surface area (Å²) >= 11 is 0. The van der Waals surface area contributed by atoms with E-state index in [1.54, 1.807) is 49.0 Å². The maximum Gasteiger partial charge on any atom is 0.338 e. The Morgan fingerprint density at radius 3 is 2.24 bits per heavy atom. The third-order valence-corrected chi connectivity index (χ3v) is 5.49. The lowest BCUT2D eigenvalue weighted by Crippen LogP contribution is -2.21. The van der Waals surface area contributed by atoms with E-state index in [1.165, 1.54) is 4.57 Å². The maximum absolute atomic E-state index is 12.5. The van der Waals surface area contributed by atoms with Crippen LogP contribution in [0.15, 0.2) is 59.5 Å². The van der Waals surface area contributed by atoms with Crippen molar-refractivity contribution in [3.8, 4) is 11.4 Å². The molecule has 0 unspecified atom stereocenters. The van der Waals surface area contributed by atoms with Gasteiger partial charge in [-0.3, -0.25) is 9.36 Å². The highest BCUT2D eigenvalue weighted by molar-refractivity contribution is 5.96. The second kappa shape index (κ2) is 9.22. The summed E-state index contributed by atoms with van der Waals surface area (Å²) in [6, 6.07) is 14.3. The first-order valence-corrected chi connectivity index (χ1v) is 10.7. The number of benzene rings is 2. The SMILES string of the molecule is Cc1ccc(-n2nc(C)c(NC(=O)COC(=O)c3ccc(-n4c(C)c[nH]c4=O)cc3)c2C)cc1. The lowest BCUT2D eigenvalue weighted by atomic mass is 10.2. The molecule has 0 radical (unpaired) electrons. The molecule has 9 heteroatoms. The minimum atomic E-state index is -0.636. The predicted octanol–water partition coefficient (Wildman–Crippen LogP) is 3.38. The number of hydrogen-bond acceptors (Lipinski definition) is 5. The Kier molecular flexibility index (Phi) is 6.18. The first-order chi connectivity index (χ1) is 16.2. The number of nitrogens with one attached hydrogen (secondary N) is 2. The Morgan fingerprint density at radius 2 is 1.62 bits per heavy atom. The fourth-order valence-electron chi connectivity index (χ4n) is 3.67. The molecule has 0 saturated heterocycles. The Labute approximate surface area is 196 Å². The first-order valence-electron chi connectivity index (χ1n) is 10.7. The summed E-state index contributed by atoms with van der Waals surface area (Å²) in [5.74, 6) is -1.10. The van der Waals surface area contributed by atoms with Crippen molar-refractivity contribution in [3.63, 3.8) is 0 Å². The van der Waals surface area contributed by atoms with Gasteiger partial charge in [-0.05, 0) is 64.1 Å². The molecule has 0 aliphatic heterocycles. The highest BCUT2D eigenvalue weighted by Crippen LogP contribution is 2.23. The molecule has 9 nitrogen and oxygen atoms in total. The number of H-pyrrole nitrogens is 1. The van der Waals surface area contributed by atoms with Crippen LogP contribution in [-0.2, 0) is 9.53 Å². The number of aromatic nitrogens is 4. The number of nitrogens with zero attached hydrogens (tertiary/aromatic N) is 3. The number of amides is 1. The van der Waals surface area contributed by atoms with Gasteiger partial charge in [0.15, 0.2) is 6.61 Å². The maximum atomic E-state index is 12.5. The Bertz CT molecular complexity index is 1410. The van der Waals surface area contributed by atoms with Crippen LogP contribution in [0.5, 0.6) is 0 Å². The quantitative estimate of drug-likeness (QED) is 0.430. The van der Waals surface area contributed by atoms with Gasteiger partial charge >= 0.3 is 11.7 Å². The minimum absolute atomic E-state index is 0.263. The highest BCUT2D eigenvalue weighted by atomic mass is 16.5. The number of ether oxygens (including phenoxy) is 1. The van der Waals surface area contributed by atoms with Crippen LogP contribution in [0.1, 0.15) is 33.0 Å². The lowest BCUT2D eigenvalue weighted by Gasteiger charge is -2.09. The topological polar surface area (TPSA) is 111 Å². The zero-order valence-corrected chi connectivity index (χ0v) is 19.4. The molecule has 1 amide bonds. The van der Waals surface area contributed by atoms with E-state index < -0.39 is 18.5 Å². The van der Waals surface area contributed by atoms with Gasteiger partial charge in [-0.1, -0.05) is 17.7 Å². The van der Waals surface area contributed by atoms with Crippen molar-refractivity contribution in [2.75, 3.05) is 11.9 Å². The van der Waals surface area contributed by atoms with Gasteiger partial charge in [-0.2, -0.15) is 5.10 Å². The van der Waals surface area contributed by atoms with Crippen LogP contribution in [0.2, 0.25) is 0 Å². The van der Waals surface area contributed by atoms with Crippen LogP contribution in [0.4, 0.5) is 5.69 Å². The van der Waals surface area contributed by atoms with E-state index in [-0.39, 0.29) is 11.3 Å². The molecule has 0 bridgehead atoms. The average Bonchev–Trinajstić information content (AvgIpc) is 3.30. The third kappa shape index (κ3) is 4.54. The molecule has 0 saturated carbocycles. The van der Waals surface area contributed by atoms with Crippen molar-refractivity contribution in [2.24, 2.45) is 0 Å². The fraction of sp³-hybridized carbons (Fsp3) is 0.200. The predicted molar refractivity (Wildman–Crippen MR) is 128 cm³/mol. The van der Waals surface area contributed by atoms with E-state index >= 15 is 0 Å². The Balaban J connectivity index is 1.39. The number of carbonyl (C=O) groups is 2. The van der Waals surface area contributed by atoms with Crippen molar-refractivity contribution >= 4 is 17.6 Å². The molecule has 2 aromatic carbocycles. The summed E-state index contributed by atoms with van der Waals surface area (Å²) in [5, 5.41) is 7.30. The largest absolute Gasteiger partial charge is 0.452 e. The van der Waals surface area contributed by atoms with E-state index in [1.807, 2.05) is 38.1 Å². The summed E-state index contributed by atoms with van der Waals surface area (Å²) in [6.07, 6.45) is 1.61. The molecule has 2 heterocycles. The molecule has 2 N–H and O–H groups in total. The standard InChI is InChI=1S/C25H25N5O4/c1-15-5-9-21(10-6-15)30-18(4)23(17(3)28-30)27-22(31)14-34-24(32)19-7-11-20(12-8-19)29-16(2)13-26-25(29)33/h5-13H,14H2,1-4H3,(H,26,33)(H,27,31). The van der Waals surface area contributed by atoms with Crippen molar-refractivity contribution in [1.29, 1.82) is 0 Å². The van der Waals surface area contributed by atoms with Gasteiger partial charge in [0.1, 0.15) is 0 Å². The second-order valence-electron chi connectivity index (χ2n) is 8.03. The van der Waals surface area contributed by atoms with Crippen LogP contribution in [0.3, 0.4) is 0 Å². The summed E-state index contributed by atoms with van der Waals surface area (Å²) in [6.45, 7) is 7.04. The molecule has 4 aromatic rings. The van der Waals surface area contributed by atoms with Crippen LogP contribution in [0.25, 0.3) is 11.4 Å². The van der Waals surface area contributed by atoms with Gasteiger partial charge in [0.25, 0.3) is 5.91 Å². The summed E-state index contributed by atoms with van der Waals surface area (Å²) in [7, 11) is 0. The number of aryl methyl sites for hydroxylation is 3. The minimum Gasteiger partial charge on any atom is -0.452 e. The van der Waals surface area contributed by atoms with Crippen LogP contribution in [0, 0.1) is 27.7 Å². The van der Waals surface area contributed by atoms with Crippen LogP contribution in [-0.4, -0.2) is 37.8 Å². The van der Waals surface area contributed by atoms with E-state index in [9.17, 15) is 14.4 Å². The number of aromatic amines is 1. The zero-order chi connectivity index (χ0) is 24.4. The average molecular weight is 460 g/mol. The Morgan fingerprint density at radius 1 is 0.971 bits per heavy atom. The lowest BCUT2D eigenvalue weighted by molar-refractivity contribution is -0.119. The summed E-state index contributed by atoms with van der Waals surface area (Å²) in [4.78, 5) is 39.4. The molecular formula is C25H25N5O4. The van der Waals surface area contributed by atoms with Crippen molar-refractivity contribution in [2.45, 2.75) is 27.7 Å². The zero-order valence-electron chi connectivity index (χ0n) is 19.4. The van der Waals surface area contributed by atoms with Gasteiger partial charge in [0.2, 0.25) is 0 Å². The molecule has 34 heavy (non-hydrogen) atoms. The molecule has 174 valence electrons. The van der Waals surface area contributed by atoms with Crippen LogP contribution < -0.4 is 11.0 Å². The molecule has 0 atom stereocenters. The molecular weight excluding hydrogens is 434 g/mol. The normalized spacial score (nSPS) is 10.8. The number of imidazole rings is 1. The molecule has 4 rings (SSSR count). The number of rotatable bonds is 6. The summed E-state index contributed by atoms with van der Waals surface area (Å²) in [5.41, 5.74) is 5.41. The molecule has 0 fully saturated rings. The van der Waals surface area contributed by atoms with Gasteiger partial charge in [-0.15, -0.1) is 0 Å². The number of hydrogen-bond donors (Lipinski definition) is 2. The highest BCUT2D eigenvalue weighted by Gasteiger charge is 2.17. The third-order valence-electron chi connectivity index (χ3n) is 5.49. The number of anilines is 1. The van der Waals surface area contributed by atoms with Gasteiger partial charge in [0.05, 0.1) is 34.0 Å². The van der Waals surface area contributed by atoms with Crippen molar-refractivity contribution < 1.29 is 14.3 Å². The van der Waals surface area contributed by atoms with Crippen molar-refractivity contribution in [3.05, 3.63) is 93.4 Å². The number of carbonyl (C=O) groups excluding carboxylic acids is 2. The fourth-order valence-corrected chi connectivity index (χ4v) is 3.67. The van der Waals surface area contributed by atoms with E-state index in [0.717, 1.165) is 22.6 Å². The first kappa shape index (κ1) is 22.8. The second-order valence-corrected chi connectivity index (χ2v) is 8.03. The van der Waals surface area contributed by atoms with E-state index in [2.05, 4.69) is 15.4 Å². The monoisotopic (exact) mass is 459 g/mol. The van der Waals surface area contributed by atoms with Gasteiger partial charge in [-0.25, -0.2) is 14.3 Å². The Hall–Kier alpha value is -4.40. The van der Waals surface area contributed by atoms with E-state index in [4.69, 9.17) is 4.74 Å².